The highest BCUT2D eigenvalue weighted by Crippen LogP contribution is 2.32. The highest BCUT2D eigenvalue weighted by molar-refractivity contribution is 5.71. The molecule has 0 bridgehead atoms. The van der Waals surface area contributed by atoms with E-state index in [0.717, 1.165) is 12.8 Å². The lowest BCUT2D eigenvalue weighted by Crippen LogP contribution is -2.55. The van der Waals surface area contributed by atoms with Gasteiger partial charge in [-0.3, -0.25) is 4.79 Å². The smallest absolute Gasteiger partial charge is 0.407 e. The Labute approximate surface area is 120 Å². The van der Waals surface area contributed by atoms with Crippen molar-refractivity contribution in [1.82, 2.24) is 10.2 Å². The maximum absolute atomic E-state index is 11.3. The molecule has 1 fully saturated rings. The van der Waals surface area contributed by atoms with E-state index in [1.165, 1.54) is 4.90 Å². The summed E-state index contributed by atoms with van der Waals surface area (Å²) in [5, 5.41) is 12.5. The summed E-state index contributed by atoms with van der Waals surface area (Å²) in [5.41, 5.74) is -0.122. The molecule has 1 aliphatic heterocycles. The molecule has 1 rings (SSSR count). The van der Waals surface area contributed by atoms with Crippen molar-refractivity contribution in [3.8, 4) is 0 Å². The van der Waals surface area contributed by atoms with Crippen LogP contribution in [-0.4, -0.2) is 53.8 Å². The molecular formula is C14H26N2O4. The Morgan fingerprint density at radius 3 is 2.55 bits per heavy atom. The minimum absolute atomic E-state index is 0.0477. The van der Waals surface area contributed by atoms with Gasteiger partial charge in [-0.2, -0.15) is 0 Å². The SMILES string of the molecule is CCOC(=O)CNC1CCN(C(=O)O)C(C(C)(C)C)C1. The molecule has 2 unspecified atom stereocenters. The third-order valence-corrected chi connectivity index (χ3v) is 3.69. The minimum Gasteiger partial charge on any atom is -0.465 e. The molecule has 2 atom stereocenters. The fourth-order valence-electron chi connectivity index (χ4n) is 2.64. The number of nitrogens with one attached hydrogen (secondary N) is 1. The number of esters is 1. The van der Waals surface area contributed by atoms with Gasteiger partial charge in [-0.15, -0.1) is 0 Å². The van der Waals surface area contributed by atoms with Gasteiger partial charge >= 0.3 is 12.1 Å². The number of likely N-dealkylation sites (tertiary alicyclic amines) is 1. The van der Waals surface area contributed by atoms with Crippen molar-refractivity contribution in [2.45, 2.75) is 52.6 Å². The number of rotatable bonds is 4. The van der Waals surface area contributed by atoms with Crippen LogP contribution in [0.5, 0.6) is 0 Å². The van der Waals surface area contributed by atoms with E-state index in [1.807, 2.05) is 20.8 Å². The molecule has 20 heavy (non-hydrogen) atoms. The average Bonchev–Trinajstić information content (AvgIpc) is 2.35. The summed E-state index contributed by atoms with van der Waals surface area (Å²) in [6, 6.07) is 0.104. The van der Waals surface area contributed by atoms with E-state index in [9.17, 15) is 14.7 Å². The van der Waals surface area contributed by atoms with Crippen LogP contribution in [0, 0.1) is 5.41 Å². The Kier molecular flexibility index (Phi) is 5.80. The fraction of sp³-hybridized carbons (Fsp3) is 0.857. The van der Waals surface area contributed by atoms with E-state index < -0.39 is 6.09 Å². The van der Waals surface area contributed by atoms with E-state index in [1.54, 1.807) is 6.92 Å². The number of carbonyl (C=O) groups excluding carboxylic acids is 1. The molecule has 0 aromatic heterocycles. The summed E-state index contributed by atoms with van der Waals surface area (Å²) in [4.78, 5) is 24.2. The zero-order valence-electron chi connectivity index (χ0n) is 12.8. The van der Waals surface area contributed by atoms with E-state index in [2.05, 4.69) is 5.32 Å². The largest absolute Gasteiger partial charge is 0.465 e. The van der Waals surface area contributed by atoms with Gasteiger partial charge in [0.1, 0.15) is 0 Å². The van der Waals surface area contributed by atoms with Crippen LogP contribution in [0.15, 0.2) is 0 Å². The summed E-state index contributed by atoms with van der Waals surface area (Å²) in [7, 11) is 0. The van der Waals surface area contributed by atoms with Gasteiger partial charge in [0.25, 0.3) is 0 Å². The van der Waals surface area contributed by atoms with Gasteiger partial charge in [-0.1, -0.05) is 20.8 Å². The Balaban J connectivity index is 2.58. The lowest BCUT2D eigenvalue weighted by atomic mass is 9.79. The zero-order chi connectivity index (χ0) is 15.3. The molecule has 0 aromatic carbocycles. The van der Waals surface area contributed by atoms with Crippen molar-refractivity contribution in [2.24, 2.45) is 5.41 Å². The first-order chi connectivity index (χ1) is 9.25. The first kappa shape index (κ1) is 16.8. The molecule has 6 nitrogen and oxygen atoms in total. The van der Waals surface area contributed by atoms with Crippen LogP contribution in [0.1, 0.15) is 40.5 Å². The number of ether oxygens (including phenoxy) is 1. The molecule has 0 saturated carbocycles. The summed E-state index contributed by atoms with van der Waals surface area (Å²) < 4.78 is 4.88. The lowest BCUT2D eigenvalue weighted by Gasteiger charge is -2.44. The van der Waals surface area contributed by atoms with Gasteiger partial charge in [-0.25, -0.2) is 4.79 Å². The predicted molar refractivity (Wildman–Crippen MR) is 75.6 cm³/mol. The summed E-state index contributed by atoms with van der Waals surface area (Å²) in [5.74, 6) is -0.263. The molecule has 1 aliphatic rings. The quantitative estimate of drug-likeness (QED) is 0.769. The van der Waals surface area contributed by atoms with E-state index >= 15 is 0 Å². The Morgan fingerprint density at radius 1 is 1.40 bits per heavy atom. The second-order valence-corrected chi connectivity index (χ2v) is 6.27. The van der Waals surface area contributed by atoms with E-state index in [4.69, 9.17) is 4.74 Å². The highest BCUT2D eigenvalue weighted by Gasteiger charge is 2.38. The monoisotopic (exact) mass is 286 g/mol. The molecule has 2 N–H and O–H groups in total. The number of piperidine rings is 1. The molecule has 1 heterocycles. The Bertz CT molecular complexity index is 352. The minimum atomic E-state index is -0.867. The average molecular weight is 286 g/mol. The summed E-state index contributed by atoms with van der Waals surface area (Å²) in [6.45, 7) is 8.96. The Morgan fingerprint density at radius 2 is 2.05 bits per heavy atom. The third kappa shape index (κ3) is 4.67. The van der Waals surface area contributed by atoms with Crippen molar-refractivity contribution in [3.05, 3.63) is 0 Å². The van der Waals surface area contributed by atoms with Gasteiger partial charge in [0.05, 0.1) is 13.2 Å². The van der Waals surface area contributed by atoms with Crippen molar-refractivity contribution in [1.29, 1.82) is 0 Å². The first-order valence-corrected chi connectivity index (χ1v) is 7.14. The number of hydrogen-bond donors (Lipinski definition) is 2. The van der Waals surface area contributed by atoms with Crippen molar-refractivity contribution < 1.29 is 19.4 Å². The number of amides is 1. The van der Waals surface area contributed by atoms with E-state index in [-0.39, 0.29) is 30.0 Å². The van der Waals surface area contributed by atoms with Crippen LogP contribution in [0.25, 0.3) is 0 Å². The number of carboxylic acid groups (broad SMARTS) is 1. The van der Waals surface area contributed by atoms with Gasteiger partial charge in [-0.05, 0) is 25.2 Å². The molecule has 0 spiro atoms. The Hall–Kier alpha value is -1.30. The van der Waals surface area contributed by atoms with Crippen molar-refractivity contribution in [2.75, 3.05) is 19.7 Å². The maximum Gasteiger partial charge on any atom is 0.407 e. The van der Waals surface area contributed by atoms with Crippen molar-refractivity contribution in [3.63, 3.8) is 0 Å². The van der Waals surface area contributed by atoms with Gasteiger partial charge in [0.2, 0.25) is 0 Å². The molecule has 0 aliphatic carbocycles. The highest BCUT2D eigenvalue weighted by atomic mass is 16.5. The number of carbonyl (C=O) groups is 2. The molecule has 6 heteroatoms. The van der Waals surface area contributed by atoms with Crippen LogP contribution < -0.4 is 5.32 Å². The second kappa shape index (κ2) is 6.92. The van der Waals surface area contributed by atoms with Crippen LogP contribution in [0.4, 0.5) is 4.79 Å². The molecule has 0 radical (unpaired) electrons. The molecule has 116 valence electrons. The van der Waals surface area contributed by atoms with E-state index in [0.29, 0.717) is 13.2 Å². The predicted octanol–water partition coefficient (Wildman–Crippen LogP) is 1.70. The van der Waals surface area contributed by atoms with Crippen LogP contribution in [-0.2, 0) is 9.53 Å². The standard InChI is InChI=1S/C14H26N2O4/c1-5-20-12(17)9-15-10-6-7-16(13(18)19)11(8-10)14(2,3)4/h10-11,15H,5-9H2,1-4H3,(H,18,19). The van der Waals surface area contributed by atoms with Crippen LogP contribution in [0.2, 0.25) is 0 Å². The lowest BCUT2D eigenvalue weighted by molar-refractivity contribution is -0.142. The van der Waals surface area contributed by atoms with Gasteiger partial charge in [0, 0.05) is 18.6 Å². The molecule has 0 aromatic rings. The van der Waals surface area contributed by atoms with Crippen molar-refractivity contribution >= 4 is 12.1 Å². The maximum atomic E-state index is 11.3. The van der Waals surface area contributed by atoms with Crippen LogP contribution >= 0.6 is 0 Å². The molecule has 1 saturated heterocycles. The summed E-state index contributed by atoms with van der Waals surface area (Å²) >= 11 is 0. The van der Waals surface area contributed by atoms with Gasteiger partial charge in [0.15, 0.2) is 0 Å². The number of nitrogens with zero attached hydrogens (tertiary/aromatic N) is 1. The third-order valence-electron chi connectivity index (χ3n) is 3.69. The van der Waals surface area contributed by atoms with Crippen LogP contribution in [0.3, 0.4) is 0 Å². The normalized spacial score (nSPS) is 23.5. The first-order valence-electron chi connectivity index (χ1n) is 7.14. The fourth-order valence-corrected chi connectivity index (χ4v) is 2.64. The zero-order valence-corrected chi connectivity index (χ0v) is 12.8. The topological polar surface area (TPSA) is 78.9 Å². The number of hydrogen-bond acceptors (Lipinski definition) is 4. The molecular weight excluding hydrogens is 260 g/mol. The van der Waals surface area contributed by atoms with Gasteiger partial charge < -0.3 is 20.1 Å². The molecule has 1 amide bonds. The summed E-state index contributed by atoms with van der Waals surface area (Å²) in [6.07, 6.45) is 0.571. The second-order valence-electron chi connectivity index (χ2n) is 6.27.